The normalized spacial score (nSPS) is 31.9. The van der Waals surface area contributed by atoms with Crippen LogP contribution in [0.15, 0.2) is 4.99 Å². The van der Waals surface area contributed by atoms with Gasteiger partial charge in [-0.25, -0.2) is 0 Å². The molecule has 2 saturated carbocycles. The third-order valence-corrected chi connectivity index (χ3v) is 3.41. The standard InChI is InChI=1S/C12H18N2/c13-9-10-5-4-8-12(10)14-11-6-2-1-3-7-11/h10-11H,1-8H2. The van der Waals surface area contributed by atoms with Crippen LogP contribution in [0.4, 0.5) is 0 Å². The van der Waals surface area contributed by atoms with Crippen molar-refractivity contribution in [2.45, 2.75) is 57.4 Å². The SMILES string of the molecule is N#CC1CCCC1=NC1CCCCC1. The molecule has 2 aliphatic carbocycles. The Morgan fingerprint density at radius 3 is 2.57 bits per heavy atom. The summed E-state index contributed by atoms with van der Waals surface area (Å²) in [6, 6.07) is 2.92. The van der Waals surface area contributed by atoms with Crippen molar-refractivity contribution < 1.29 is 0 Å². The van der Waals surface area contributed by atoms with Crippen molar-refractivity contribution in [1.29, 1.82) is 5.26 Å². The van der Waals surface area contributed by atoms with E-state index in [1.54, 1.807) is 0 Å². The minimum atomic E-state index is 0.150. The highest BCUT2D eigenvalue weighted by Gasteiger charge is 2.23. The number of hydrogen-bond donors (Lipinski definition) is 0. The monoisotopic (exact) mass is 190 g/mol. The summed E-state index contributed by atoms with van der Waals surface area (Å²) in [4.78, 5) is 4.78. The summed E-state index contributed by atoms with van der Waals surface area (Å²) in [7, 11) is 0. The van der Waals surface area contributed by atoms with Crippen LogP contribution in [-0.4, -0.2) is 11.8 Å². The van der Waals surface area contributed by atoms with E-state index < -0.39 is 0 Å². The third-order valence-electron chi connectivity index (χ3n) is 3.41. The molecule has 0 saturated heterocycles. The Kier molecular flexibility index (Phi) is 3.18. The third kappa shape index (κ3) is 2.15. The van der Waals surface area contributed by atoms with Crippen LogP contribution in [0.1, 0.15) is 51.4 Å². The highest BCUT2D eigenvalue weighted by atomic mass is 14.8. The van der Waals surface area contributed by atoms with E-state index in [4.69, 9.17) is 10.3 Å². The van der Waals surface area contributed by atoms with E-state index in [0.29, 0.717) is 6.04 Å². The summed E-state index contributed by atoms with van der Waals surface area (Å²) in [6.07, 6.45) is 9.84. The molecule has 0 aromatic heterocycles. The van der Waals surface area contributed by atoms with Crippen LogP contribution < -0.4 is 0 Å². The zero-order valence-electron chi connectivity index (χ0n) is 8.71. The molecule has 2 heteroatoms. The number of rotatable bonds is 1. The van der Waals surface area contributed by atoms with Crippen LogP contribution in [0.5, 0.6) is 0 Å². The Morgan fingerprint density at radius 2 is 1.86 bits per heavy atom. The fourth-order valence-electron chi connectivity index (χ4n) is 2.57. The van der Waals surface area contributed by atoms with Gasteiger partial charge in [0.15, 0.2) is 0 Å². The van der Waals surface area contributed by atoms with Crippen molar-refractivity contribution in [3.63, 3.8) is 0 Å². The number of hydrogen-bond acceptors (Lipinski definition) is 2. The van der Waals surface area contributed by atoms with Crippen molar-refractivity contribution in [3.8, 4) is 6.07 Å². The predicted octanol–water partition coefficient (Wildman–Crippen LogP) is 3.08. The lowest BCUT2D eigenvalue weighted by Crippen LogP contribution is -2.14. The second-order valence-corrected chi connectivity index (χ2v) is 4.49. The van der Waals surface area contributed by atoms with Gasteiger partial charge in [-0.05, 0) is 32.1 Å². The summed E-state index contributed by atoms with van der Waals surface area (Å²) in [6.45, 7) is 0. The van der Waals surface area contributed by atoms with Gasteiger partial charge in [-0.2, -0.15) is 5.26 Å². The van der Waals surface area contributed by atoms with Crippen molar-refractivity contribution >= 4 is 5.71 Å². The largest absolute Gasteiger partial charge is 0.289 e. The Hall–Kier alpha value is -0.840. The van der Waals surface area contributed by atoms with Crippen molar-refractivity contribution in [1.82, 2.24) is 0 Å². The minimum Gasteiger partial charge on any atom is -0.289 e. The van der Waals surface area contributed by atoms with Crippen LogP contribution in [-0.2, 0) is 0 Å². The summed E-state index contributed by atoms with van der Waals surface area (Å²) < 4.78 is 0. The lowest BCUT2D eigenvalue weighted by Gasteiger charge is -2.18. The lowest BCUT2D eigenvalue weighted by atomic mass is 9.95. The smallest absolute Gasteiger partial charge is 0.0841 e. The van der Waals surface area contributed by atoms with E-state index >= 15 is 0 Å². The highest BCUT2D eigenvalue weighted by molar-refractivity contribution is 5.90. The summed E-state index contributed by atoms with van der Waals surface area (Å²) in [5.41, 5.74) is 1.21. The maximum Gasteiger partial charge on any atom is 0.0841 e. The molecule has 0 bridgehead atoms. The first-order chi connectivity index (χ1) is 6.90. The molecule has 2 rings (SSSR count). The Labute approximate surface area is 86.0 Å². The first-order valence-corrected chi connectivity index (χ1v) is 5.86. The molecule has 2 aliphatic rings. The van der Waals surface area contributed by atoms with Gasteiger partial charge in [0.25, 0.3) is 0 Å². The number of nitrogens with zero attached hydrogens (tertiary/aromatic N) is 2. The molecular formula is C12H18N2. The Bertz CT molecular complexity index is 256. The first kappa shape index (κ1) is 9.71. The van der Waals surface area contributed by atoms with Gasteiger partial charge in [-0.1, -0.05) is 19.3 Å². The van der Waals surface area contributed by atoms with Gasteiger partial charge < -0.3 is 0 Å². The fourth-order valence-corrected chi connectivity index (χ4v) is 2.57. The van der Waals surface area contributed by atoms with E-state index in [-0.39, 0.29) is 5.92 Å². The van der Waals surface area contributed by atoms with Gasteiger partial charge in [0.2, 0.25) is 0 Å². The van der Waals surface area contributed by atoms with Crippen LogP contribution in [0.25, 0.3) is 0 Å². The van der Waals surface area contributed by atoms with E-state index in [9.17, 15) is 0 Å². The molecule has 76 valence electrons. The van der Waals surface area contributed by atoms with Gasteiger partial charge in [-0.3, -0.25) is 4.99 Å². The van der Waals surface area contributed by atoms with Crippen molar-refractivity contribution in [2.75, 3.05) is 0 Å². The van der Waals surface area contributed by atoms with Gasteiger partial charge in [-0.15, -0.1) is 0 Å². The average Bonchev–Trinajstić information content (AvgIpc) is 2.67. The molecule has 14 heavy (non-hydrogen) atoms. The van der Waals surface area contributed by atoms with Crippen LogP contribution in [0.2, 0.25) is 0 Å². The van der Waals surface area contributed by atoms with E-state index in [2.05, 4.69) is 6.07 Å². The molecular weight excluding hydrogens is 172 g/mol. The first-order valence-electron chi connectivity index (χ1n) is 5.86. The summed E-state index contributed by atoms with van der Waals surface area (Å²) in [5.74, 6) is 0.150. The molecule has 0 aliphatic heterocycles. The maximum absolute atomic E-state index is 8.94. The molecule has 2 nitrogen and oxygen atoms in total. The topological polar surface area (TPSA) is 36.1 Å². The summed E-state index contributed by atoms with van der Waals surface area (Å²) >= 11 is 0. The van der Waals surface area contributed by atoms with Gasteiger partial charge >= 0.3 is 0 Å². The fraction of sp³-hybridized carbons (Fsp3) is 0.833. The number of nitriles is 1. The number of aliphatic imine (C=N–C) groups is 1. The van der Waals surface area contributed by atoms with E-state index in [1.165, 1.54) is 44.2 Å². The second kappa shape index (κ2) is 4.59. The molecule has 0 heterocycles. The zero-order chi connectivity index (χ0) is 9.80. The highest BCUT2D eigenvalue weighted by Crippen LogP contribution is 2.26. The van der Waals surface area contributed by atoms with Crippen molar-refractivity contribution in [2.24, 2.45) is 10.9 Å². The maximum atomic E-state index is 8.94. The summed E-state index contributed by atoms with van der Waals surface area (Å²) in [5, 5.41) is 8.94. The molecule has 0 radical (unpaired) electrons. The molecule has 0 N–H and O–H groups in total. The molecule has 0 spiro atoms. The molecule has 1 atom stereocenters. The molecule has 0 aromatic carbocycles. The quantitative estimate of drug-likeness (QED) is 0.626. The molecule has 2 fully saturated rings. The molecule has 0 aromatic rings. The average molecular weight is 190 g/mol. The van der Waals surface area contributed by atoms with Crippen molar-refractivity contribution in [3.05, 3.63) is 0 Å². The lowest BCUT2D eigenvalue weighted by molar-refractivity contribution is 0.442. The Morgan fingerprint density at radius 1 is 1.07 bits per heavy atom. The predicted molar refractivity (Wildman–Crippen MR) is 57.3 cm³/mol. The molecule has 1 unspecified atom stereocenters. The van der Waals surface area contributed by atoms with Gasteiger partial charge in [0.1, 0.15) is 0 Å². The minimum absolute atomic E-state index is 0.150. The molecule has 0 amide bonds. The van der Waals surface area contributed by atoms with Crippen LogP contribution in [0.3, 0.4) is 0 Å². The van der Waals surface area contributed by atoms with E-state index in [0.717, 1.165) is 12.8 Å². The Balaban J connectivity index is 1.98. The van der Waals surface area contributed by atoms with Gasteiger partial charge in [0, 0.05) is 11.8 Å². The van der Waals surface area contributed by atoms with Gasteiger partial charge in [0.05, 0.1) is 12.0 Å². The zero-order valence-corrected chi connectivity index (χ0v) is 8.71. The second-order valence-electron chi connectivity index (χ2n) is 4.49. The van der Waals surface area contributed by atoms with E-state index in [1.807, 2.05) is 0 Å². The van der Waals surface area contributed by atoms with Crippen LogP contribution >= 0.6 is 0 Å². The van der Waals surface area contributed by atoms with Crippen LogP contribution in [0, 0.1) is 17.2 Å².